The standard InChI is InChI=1S/C14H19N5/c1-19-10-17-18-14(19)11-4-6-12(7-5-11)16-9-13-3-2-8-15-13/h4-7,10,13,15-16H,2-3,8-9H2,1H3. The van der Waals surface area contributed by atoms with Crippen molar-refractivity contribution in [1.82, 2.24) is 20.1 Å². The smallest absolute Gasteiger partial charge is 0.163 e. The van der Waals surface area contributed by atoms with Gasteiger partial charge in [-0.05, 0) is 43.7 Å². The molecule has 2 N–H and O–H groups in total. The number of nitrogens with zero attached hydrogens (tertiary/aromatic N) is 3. The van der Waals surface area contributed by atoms with Gasteiger partial charge < -0.3 is 15.2 Å². The Kier molecular flexibility index (Phi) is 3.46. The summed E-state index contributed by atoms with van der Waals surface area (Å²) in [6.07, 6.45) is 4.27. The van der Waals surface area contributed by atoms with Crippen molar-refractivity contribution in [2.24, 2.45) is 7.05 Å². The molecular formula is C14H19N5. The number of benzene rings is 1. The summed E-state index contributed by atoms with van der Waals surface area (Å²) in [5, 5.41) is 15.0. The number of hydrogen-bond donors (Lipinski definition) is 2. The van der Waals surface area contributed by atoms with Crippen LogP contribution in [0.25, 0.3) is 11.4 Å². The molecule has 1 unspecified atom stereocenters. The van der Waals surface area contributed by atoms with Crippen LogP contribution in [-0.4, -0.2) is 33.9 Å². The molecule has 1 aliphatic rings. The first kappa shape index (κ1) is 12.2. The normalized spacial score (nSPS) is 18.7. The molecule has 0 radical (unpaired) electrons. The summed E-state index contributed by atoms with van der Waals surface area (Å²) < 4.78 is 1.92. The van der Waals surface area contributed by atoms with Crippen LogP contribution in [0.2, 0.25) is 0 Å². The Labute approximate surface area is 113 Å². The average Bonchev–Trinajstić information content (AvgIpc) is 3.08. The lowest BCUT2D eigenvalue weighted by molar-refractivity contribution is 0.633. The van der Waals surface area contributed by atoms with E-state index in [4.69, 9.17) is 0 Å². The molecule has 3 rings (SSSR count). The maximum absolute atomic E-state index is 4.11. The van der Waals surface area contributed by atoms with Gasteiger partial charge in [0.05, 0.1) is 0 Å². The van der Waals surface area contributed by atoms with E-state index in [0.29, 0.717) is 6.04 Å². The van der Waals surface area contributed by atoms with Crippen LogP contribution in [0.3, 0.4) is 0 Å². The number of rotatable bonds is 4. The lowest BCUT2D eigenvalue weighted by atomic mass is 10.2. The van der Waals surface area contributed by atoms with Crippen molar-refractivity contribution in [3.8, 4) is 11.4 Å². The Hall–Kier alpha value is -1.88. The first-order valence-electron chi connectivity index (χ1n) is 6.74. The zero-order chi connectivity index (χ0) is 13.1. The van der Waals surface area contributed by atoms with Crippen molar-refractivity contribution in [2.75, 3.05) is 18.4 Å². The number of hydrogen-bond acceptors (Lipinski definition) is 4. The minimum Gasteiger partial charge on any atom is -0.383 e. The van der Waals surface area contributed by atoms with Gasteiger partial charge in [0.25, 0.3) is 0 Å². The highest BCUT2D eigenvalue weighted by Gasteiger charge is 2.13. The molecule has 0 saturated carbocycles. The molecule has 1 aromatic carbocycles. The second-order valence-corrected chi connectivity index (χ2v) is 5.02. The third-order valence-electron chi connectivity index (χ3n) is 3.57. The molecule has 0 spiro atoms. The molecule has 2 aromatic rings. The molecule has 100 valence electrons. The van der Waals surface area contributed by atoms with Crippen LogP contribution in [0.4, 0.5) is 5.69 Å². The van der Waals surface area contributed by atoms with E-state index >= 15 is 0 Å². The Bertz CT molecular complexity index is 525. The second-order valence-electron chi connectivity index (χ2n) is 5.02. The van der Waals surface area contributed by atoms with E-state index in [2.05, 4.69) is 45.1 Å². The van der Waals surface area contributed by atoms with Crippen molar-refractivity contribution in [1.29, 1.82) is 0 Å². The van der Waals surface area contributed by atoms with Crippen molar-refractivity contribution >= 4 is 5.69 Å². The molecule has 1 aromatic heterocycles. The molecule has 1 fully saturated rings. The fourth-order valence-corrected chi connectivity index (χ4v) is 2.45. The largest absolute Gasteiger partial charge is 0.383 e. The van der Waals surface area contributed by atoms with Gasteiger partial charge in [0.15, 0.2) is 5.82 Å². The van der Waals surface area contributed by atoms with Gasteiger partial charge in [-0.3, -0.25) is 0 Å². The van der Waals surface area contributed by atoms with Crippen LogP contribution in [0, 0.1) is 0 Å². The second kappa shape index (κ2) is 5.40. The van der Waals surface area contributed by atoms with E-state index in [1.54, 1.807) is 6.33 Å². The van der Waals surface area contributed by atoms with Crippen LogP contribution in [0.5, 0.6) is 0 Å². The first-order valence-corrected chi connectivity index (χ1v) is 6.74. The van der Waals surface area contributed by atoms with Crippen LogP contribution < -0.4 is 10.6 Å². The summed E-state index contributed by atoms with van der Waals surface area (Å²) in [4.78, 5) is 0. The van der Waals surface area contributed by atoms with E-state index in [-0.39, 0.29) is 0 Å². The fourth-order valence-electron chi connectivity index (χ4n) is 2.45. The zero-order valence-electron chi connectivity index (χ0n) is 11.1. The Morgan fingerprint density at radius 1 is 1.37 bits per heavy atom. The molecule has 0 bridgehead atoms. The molecule has 0 aliphatic carbocycles. The summed E-state index contributed by atoms with van der Waals surface area (Å²) in [5.74, 6) is 0.893. The predicted molar refractivity (Wildman–Crippen MR) is 76.0 cm³/mol. The molecule has 5 nitrogen and oxygen atoms in total. The molecule has 1 aliphatic heterocycles. The van der Waals surface area contributed by atoms with Crippen molar-refractivity contribution < 1.29 is 0 Å². The Balaban J connectivity index is 1.64. The van der Waals surface area contributed by atoms with Gasteiger partial charge in [0.1, 0.15) is 6.33 Å². The minimum absolute atomic E-state index is 0.610. The number of anilines is 1. The summed E-state index contributed by atoms with van der Waals surface area (Å²) in [6, 6.07) is 8.96. The Morgan fingerprint density at radius 3 is 2.84 bits per heavy atom. The lowest BCUT2D eigenvalue weighted by Gasteiger charge is -2.12. The van der Waals surface area contributed by atoms with Gasteiger partial charge in [-0.1, -0.05) is 0 Å². The van der Waals surface area contributed by atoms with Gasteiger partial charge in [0, 0.05) is 30.9 Å². The zero-order valence-corrected chi connectivity index (χ0v) is 11.1. The van der Waals surface area contributed by atoms with Crippen molar-refractivity contribution in [2.45, 2.75) is 18.9 Å². The summed E-state index contributed by atoms with van der Waals surface area (Å²) in [7, 11) is 1.95. The SMILES string of the molecule is Cn1cnnc1-c1ccc(NCC2CCCN2)cc1. The monoisotopic (exact) mass is 257 g/mol. The van der Waals surface area contributed by atoms with Crippen LogP contribution >= 0.6 is 0 Å². The highest BCUT2D eigenvalue weighted by Crippen LogP contribution is 2.18. The maximum atomic E-state index is 4.11. The third kappa shape index (κ3) is 2.76. The quantitative estimate of drug-likeness (QED) is 0.874. The number of nitrogens with one attached hydrogen (secondary N) is 2. The van der Waals surface area contributed by atoms with Gasteiger partial charge in [-0.2, -0.15) is 0 Å². The van der Waals surface area contributed by atoms with E-state index in [1.807, 2.05) is 11.6 Å². The number of aromatic nitrogens is 3. The first-order chi connectivity index (χ1) is 9.33. The van der Waals surface area contributed by atoms with Crippen LogP contribution in [0.1, 0.15) is 12.8 Å². The van der Waals surface area contributed by atoms with Crippen molar-refractivity contribution in [3.05, 3.63) is 30.6 Å². The van der Waals surface area contributed by atoms with E-state index in [0.717, 1.165) is 30.2 Å². The summed E-state index contributed by atoms with van der Waals surface area (Å²) >= 11 is 0. The third-order valence-corrected chi connectivity index (χ3v) is 3.57. The van der Waals surface area contributed by atoms with Crippen LogP contribution in [0.15, 0.2) is 30.6 Å². The molecule has 5 heteroatoms. The molecule has 1 atom stereocenters. The van der Waals surface area contributed by atoms with Crippen molar-refractivity contribution in [3.63, 3.8) is 0 Å². The van der Waals surface area contributed by atoms with Gasteiger partial charge in [-0.15, -0.1) is 10.2 Å². The predicted octanol–water partition coefficient (Wildman–Crippen LogP) is 1.65. The highest BCUT2D eigenvalue weighted by molar-refractivity contribution is 5.59. The van der Waals surface area contributed by atoms with Crippen LogP contribution in [-0.2, 0) is 7.05 Å². The minimum atomic E-state index is 0.610. The molecule has 1 saturated heterocycles. The maximum Gasteiger partial charge on any atom is 0.163 e. The summed E-state index contributed by atoms with van der Waals surface area (Å²) in [5.41, 5.74) is 2.24. The van der Waals surface area contributed by atoms with E-state index in [1.165, 1.54) is 12.8 Å². The highest BCUT2D eigenvalue weighted by atomic mass is 15.2. The average molecular weight is 257 g/mol. The molecule has 0 amide bonds. The molecule has 19 heavy (non-hydrogen) atoms. The fraction of sp³-hybridized carbons (Fsp3) is 0.429. The molecule has 2 heterocycles. The number of aryl methyl sites for hydroxylation is 1. The van der Waals surface area contributed by atoms with Gasteiger partial charge in [0.2, 0.25) is 0 Å². The van der Waals surface area contributed by atoms with Gasteiger partial charge in [-0.25, -0.2) is 0 Å². The lowest BCUT2D eigenvalue weighted by Crippen LogP contribution is -2.29. The van der Waals surface area contributed by atoms with Gasteiger partial charge >= 0.3 is 0 Å². The molecular weight excluding hydrogens is 238 g/mol. The van der Waals surface area contributed by atoms with E-state index < -0.39 is 0 Å². The Morgan fingerprint density at radius 2 is 2.21 bits per heavy atom. The van der Waals surface area contributed by atoms with E-state index in [9.17, 15) is 0 Å². The topological polar surface area (TPSA) is 54.8 Å². The summed E-state index contributed by atoms with van der Waals surface area (Å²) in [6.45, 7) is 2.14.